The van der Waals surface area contributed by atoms with Crippen LogP contribution >= 0.6 is 11.3 Å². The molecular formula is C15H17NO2S. The number of hydrogen-bond donors (Lipinski definition) is 1. The molecule has 3 nitrogen and oxygen atoms in total. The van der Waals surface area contributed by atoms with E-state index in [1.165, 1.54) is 4.88 Å². The third-order valence-corrected chi connectivity index (χ3v) is 4.32. The molecule has 0 fully saturated rings. The minimum atomic E-state index is -0.800. The maximum Gasteiger partial charge on any atom is 0.310 e. The van der Waals surface area contributed by atoms with Gasteiger partial charge in [-0.1, -0.05) is 31.2 Å². The van der Waals surface area contributed by atoms with Gasteiger partial charge in [-0.05, 0) is 25.8 Å². The Morgan fingerprint density at radius 3 is 2.47 bits per heavy atom. The molecule has 0 saturated heterocycles. The molecule has 19 heavy (non-hydrogen) atoms. The average molecular weight is 275 g/mol. The van der Waals surface area contributed by atoms with Gasteiger partial charge in [0.15, 0.2) is 0 Å². The lowest BCUT2D eigenvalue weighted by Gasteiger charge is -2.06. The molecule has 0 aliphatic rings. The second kappa shape index (κ2) is 5.53. The van der Waals surface area contributed by atoms with Gasteiger partial charge in [0.1, 0.15) is 5.01 Å². The van der Waals surface area contributed by atoms with Gasteiger partial charge in [-0.3, -0.25) is 4.79 Å². The summed E-state index contributed by atoms with van der Waals surface area (Å²) in [5, 5.41) is 9.99. The van der Waals surface area contributed by atoms with Crippen molar-refractivity contribution in [2.24, 2.45) is 0 Å². The molecule has 0 spiro atoms. The van der Waals surface area contributed by atoms with Crippen LogP contribution in [0.1, 0.15) is 35.9 Å². The molecule has 0 aliphatic carbocycles. The SMILES string of the molecule is CCc1nc(-c2ccc(C(C)C(=O)O)cc2)sc1C. The summed E-state index contributed by atoms with van der Waals surface area (Å²) >= 11 is 1.69. The third-order valence-electron chi connectivity index (χ3n) is 3.26. The van der Waals surface area contributed by atoms with Crippen LogP contribution in [-0.4, -0.2) is 16.1 Å². The Kier molecular flexibility index (Phi) is 4.00. The Hall–Kier alpha value is -1.68. The lowest BCUT2D eigenvalue weighted by Crippen LogP contribution is -2.06. The second-order valence-corrected chi connectivity index (χ2v) is 5.76. The Morgan fingerprint density at radius 2 is 2.00 bits per heavy atom. The largest absolute Gasteiger partial charge is 0.481 e. The highest BCUT2D eigenvalue weighted by Gasteiger charge is 2.14. The summed E-state index contributed by atoms with van der Waals surface area (Å²) in [6.45, 7) is 5.88. The maximum atomic E-state index is 10.9. The first-order valence-electron chi connectivity index (χ1n) is 6.32. The number of rotatable bonds is 4. The van der Waals surface area contributed by atoms with Crippen LogP contribution < -0.4 is 0 Å². The minimum absolute atomic E-state index is 0.474. The van der Waals surface area contributed by atoms with Crippen molar-refractivity contribution in [2.75, 3.05) is 0 Å². The van der Waals surface area contributed by atoms with E-state index < -0.39 is 11.9 Å². The number of aromatic nitrogens is 1. The first kappa shape index (κ1) is 13.7. The molecule has 2 aromatic rings. The van der Waals surface area contributed by atoms with Crippen molar-refractivity contribution in [3.63, 3.8) is 0 Å². The highest BCUT2D eigenvalue weighted by atomic mass is 32.1. The molecular weight excluding hydrogens is 258 g/mol. The Balaban J connectivity index is 2.29. The van der Waals surface area contributed by atoms with Gasteiger partial charge in [0, 0.05) is 10.4 Å². The molecule has 1 atom stereocenters. The summed E-state index contributed by atoms with van der Waals surface area (Å²) in [4.78, 5) is 16.8. The first-order chi connectivity index (χ1) is 9.02. The molecule has 4 heteroatoms. The normalized spacial score (nSPS) is 12.4. The fourth-order valence-corrected chi connectivity index (χ4v) is 2.94. The predicted molar refractivity (Wildman–Crippen MR) is 77.7 cm³/mol. The first-order valence-corrected chi connectivity index (χ1v) is 7.14. The van der Waals surface area contributed by atoms with E-state index in [9.17, 15) is 4.79 Å². The van der Waals surface area contributed by atoms with Crippen molar-refractivity contribution < 1.29 is 9.90 Å². The fourth-order valence-electron chi connectivity index (χ4n) is 1.94. The number of aryl methyl sites for hydroxylation is 2. The van der Waals surface area contributed by atoms with E-state index in [0.717, 1.165) is 28.2 Å². The molecule has 0 amide bonds. The van der Waals surface area contributed by atoms with Crippen LogP contribution in [0.25, 0.3) is 10.6 Å². The van der Waals surface area contributed by atoms with Gasteiger partial charge in [0.2, 0.25) is 0 Å². The summed E-state index contributed by atoms with van der Waals surface area (Å²) in [5.74, 6) is -1.27. The lowest BCUT2D eigenvalue weighted by molar-refractivity contribution is -0.138. The summed E-state index contributed by atoms with van der Waals surface area (Å²) < 4.78 is 0. The van der Waals surface area contributed by atoms with Crippen LogP contribution in [0.3, 0.4) is 0 Å². The van der Waals surface area contributed by atoms with Crippen LogP contribution in [0.2, 0.25) is 0 Å². The zero-order chi connectivity index (χ0) is 14.0. The van der Waals surface area contributed by atoms with Crippen LogP contribution in [0.4, 0.5) is 0 Å². The van der Waals surface area contributed by atoms with Crippen molar-refractivity contribution in [3.8, 4) is 10.6 Å². The molecule has 1 N–H and O–H groups in total. The lowest BCUT2D eigenvalue weighted by atomic mass is 10.0. The van der Waals surface area contributed by atoms with Gasteiger partial charge >= 0.3 is 5.97 Å². The zero-order valence-corrected chi connectivity index (χ0v) is 12.1. The molecule has 1 heterocycles. The Labute approximate surface area is 116 Å². The molecule has 1 aromatic carbocycles. The number of carbonyl (C=O) groups is 1. The molecule has 1 aromatic heterocycles. The standard InChI is InChI=1S/C15H17NO2S/c1-4-13-10(3)19-14(16-13)12-7-5-11(6-8-12)9(2)15(17)18/h5-9H,4H2,1-3H3,(H,17,18). The second-order valence-electron chi connectivity index (χ2n) is 4.56. The van der Waals surface area contributed by atoms with Crippen LogP contribution in [0, 0.1) is 6.92 Å². The monoisotopic (exact) mass is 275 g/mol. The van der Waals surface area contributed by atoms with E-state index in [2.05, 4.69) is 18.8 Å². The number of nitrogens with zero attached hydrogens (tertiary/aromatic N) is 1. The van der Waals surface area contributed by atoms with Crippen molar-refractivity contribution >= 4 is 17.3 Å². The van der Waals surface area contributed by atoms with Crippen molar-refractivity contribution in [1.82, 2.24) is 4.98 Å². The van der Waals surface area contributed by atoms with Crippen LogP contribution in [0.15, 0.2) is 24.3 Å². The predicted octanol–water partition coefficient (Wildman–Crippen LogP) is 3.87. The number of benzene rings is 1. The van der Waals surface area contributed by atoms with Gasteiger partial charge in [0.25, 0.3) is 0 Å². The van der Waals surface area contributed by atoms with E-state index in [0.29, 0.717) is 0 Å². The fraction of sp³-hybridized carbons (Fsp3) is 0.333. The molecule has 0 bridgehead atoms. The van der Waals surface area contributed by atoms with E-state index in [-0.39, 0.29) is 0 Å². The molecule has 0 saturated carbocycles. The summed E-state index contributed by atoms with van der Waals surface area (Å²) in [6, 6.07) is 7.64. The van der Waals surface area contributed by atoms with Crippen molar-refractivity contribution in [2.45, 2.75) is 33.1 Å². The zero-order valence-electron chi connectivity index (χ0n) is 11.3. The highest BCUT2D eigenvalue weighted by Crippen LogP contribution is 2.29. The minimum Gasteiger partial charge on any atom is -0.481 e. The van der Waals surface area contributed by atoms with Gasteiger partial charge in [-0.2, -0.15) is 0 Å². The van der Waals surface area contributed by atoms with Gasteiger partial charge < -0.3 is 5.11 Å². The van der Waals surface area contributed by atoms with Crippen LogP contribution in [0.5, 0.6) is 0 Å². The molecule has 1 unspecified atom stereocenters. The van der Waals surface area contributed by atoms with Gasteiger partial charge in [-0.15, -0.1) is 11.3 Å². The molecule has 2 rings (SSSR count). The average Bonchev–Trinajstić information content (AvgIpc) is 2.79. The van der Waals surface area contributed by atoms with E-state index in [4.69, 9.17) is 5.11 Å². The smallest absolute Gasteiger partial charge is 0.310 e. The van der Waals surface area contributed by atoms with Crippen LogP contribution in [-0.2, 0) is 11.2 Å². The van der Waals surface area contributed by atoms with Crippen molar-refractivity contribution in [1.29, 1.82) is 0 Å². The number of thiazole rings is 1. The summed E-state index contributed by atoms with van der Waals surface area (Å²) in [5.41, 5.74) is 3.01. The van der Waals surface area contributed by atoms with Gasteiger partial charge in [0.05, 0.1) is 11.6 Å². The Bertz CT molecular complexity index is 587. The van der Waals surface area contributed by atoms with E-state index in [1.807, 2.05) is 24.3 Å². The van der Waals surface area contributed by atoms with E-state index in [1.54, 1.807) is 18.3 Å². The summed E-state index contributed by atoms with van der Waals surface area (Å²) in [6.07, 6.45) is 0.941. The van der Waals surface area contributed by atoms with Gasteiger partial charge in [-0.25, -0.2) is 4.98 Å². The van der Waals surface area contributed by atoms with Crippen molar-refractivity contribution in [3.05, 3.63) is 40.4 Å². The molecule has 0 aliphatic heterocycles. The maximum absolute atomic E-state index is 10.9. The number of hydrogen-bond acceptors (Lipinski definition) is 3. The summed E-state index contributed by atoms with van der Waals surface area (Å²) in [7, 11) is 0. The molecule has 100 valence electrons. The quantitative estimate of drug-likeness (QED) is 0.921. The third kappa shape index (κ3) is 2.84. The Morgan fingerprint density at radius 1 is 1.37 bits per heavy atom. The highest BCUT2D eigenvalue weighted by molar-refractivity contribution is 7.15. The molecule has 0 radical (unpaired) electrons. The topological polar surface area (TPSA) is 50.2 Å². The number of carboxylic acids is 1. The van der Waals surface area contributed by atoms with E-state index >= 15 is 0 Å². The number of aliphatic carboxylic acids is 1. The number of carboxylic acid groups (broad SMARTS) is 1.